The van der Waals surface area contributed by atoms with Gasteiger partial charge in [0.2, 0.25) is 0 Å². The van der Waals surface area contributed by atoms with E-state index in [9.17, 15) is 23.3 Å². The van der Waals surface area contributed by atoms with Crippen LogP contribution >= 0.6 is 0 Å². The summed E-state index contributed by atoms with van der Waals surface area (Å²) in [4.78, 5) is 9.74. The number of nitrogens with zero attached hydrogens (tertiary/aromatic N) is 1. The molecule has 0 aliphatic heterocycles. The van der Waals surface area contributed by atoms with Gasteiger partial charge in [0.05, 0.1) is 10.5 Å². The first kappa shape index (κ1) is 13.9. The highest BCUT2D eigenvalue weighted by Crippen LogP contribution is 2.39. The van der Waals surface area contributed by atoms with Crippen LogP contribution in [0.25, 0.3) is 11.1 Å². The normalized spacial score (nSPS) is 11.3. The molecule has 2 N–H and O–H groups in total. The Morgan fingerprint density at radius 2 is 1.65 bits per heavy atom. The van der Waals surface area contributed by atoms with Gasteiger partial charge < -0.3 is 5.73 Å². The van der Waals surface area contributed by atoms with E-state index in [1.54, 1.807) is 0 Å². The van der Waals surface area contributed by atoms with Crippen LogP contribution < -0.4 is 5.73 Å². The molecule has 0 saturated heterocycles. The predicted octanol–water partition coefficient (Wildman–Crippen LogP) is 3.86. The summed E-state index contributed by atoms with van der Waals surface area (Å²) in [5.41, 5.74) is 4.43. The Bertz CT molecular complexity index is 652. The molecular formula is C13H9F3N2O2. The third-order valence-corrected chi connectivity index (χ3v) is 2.74. The third kappa shape index (κ3) is 2.71. The number of anilines is 1. The smallest absolute Gasteiger partial charge is 0.399 e. The SMILES string of the molecule is Nc1ccc(-c2ccc([N+](=O)[O-])cc2C(F)(F)F)cc1. The Hall–Kier alpha value is -2.57. The van der Waals surface area contributed by atoms with E-state index in [1.165, 1.54) is 24.3 Å². The lowest BCUT2D eigenvalue weighted by atomic mass is 9.98. The van der Waals surface area contributed by atoms with Gasteiger partial charge in [0.25, 0.3) is 5.69 Å². The number of hydrogen-bond acceptors (Lipinski definition) is 3. The Morgan fingerprint density at radius 3 is 2.15 bits per heavy atom. The van der Waals surface area contributed by atoms with Crippen LogP contribution in [0, 0.1) is 10.1 Å². The van der Waals surface area contributed by atoms with E-state index in [4.69, 9.17) is 5.73 Å². The summed E-state index contributed by atoms with van der Waals surface area (Å²) < 4.78 is 39.0. The Kier molecular flexibility index (Phi) is 3.35. The quantitative estimate of drug-likeness (QED) is 0.516. The second-order valence-electron chi connectivity index (χ2n) is 4.11. The molecule has 0 aliphatic rings. The number of nitrogen functional groups attached to an aromatic ring is 1. The summed E-state index contributed by atoms with van der Waals surface area (Å²) >= 11 is 0. The molecule has 7 heteroatoms. The van der Waals surface area contributed by atoms with Crippen molar-refractivity contribution in [3.8, 4) is 11.1 Å². The lowest BCUT2D eigenvalue weighted by Crippen LogP contribution is -2.08. The molecule has 0 aliphatic carbocycles. The highest BCUT2D eigenvalue weighted by molar-refractivity contribution is 5.71. The highest BCUT2D eigenvalue weighted by atomic mass is 19.4. The number of rotatable bonds is 2. The van der Waals surface area contributed by atoms with Crippen LogP contribution in [-0.4, -0.2) is 4.92 Å². The van der Waals surface area contributed by atoms with Crippen LogP contribution in [0.2, 0.25) is 0 Å². The average molecular weight is 282 g/mol. The molecule has 4 nitrogen and oxygen atoms in total. The van der Waals surface area contributed by atoms with Gasteiger partial charge in [-0.15, -0.1) is 0 Å². The van der Waals surface area contributed by atoms with Crippen LogP contribution in [-0.2, 0) is 6.18 Å². The molecular weight excluding hydrogens is 273 g/mol. The molecule has 2 aromatic rings. The molecule has 0 fully saturated rings. The Morgan fingerprint density at radius 1 is 1.05 bits per heavy atom. The molecule has 0 spiro atoms. The van der Waals surface area contributed by atoms with Crippen molar-refractivity contribution in [2.45, 2.75) is 6.18 Å². The molecule has 2 rings (SSSR count). The second kappa shape index (κ2) is 4.84. The summed E-state index contributed by atoms with van der Waals surface area (Å²) in [5.74, 6) is 0. The molecule has 0 bridgehead atoms. The van der Waals surface area contributed by atoms with Gasteiger partial charge >= 0.3 is 6.18 Å². The minimum atomic E-state index is -4.68. The molecule has 0 heterocycles. The van der Waals surface area contributed by atoms with Crippen molar-refractivity contribution in [3.05, 3.63) is 58.1 Å². The number of nitrogens with two attached hydrogens (primary N) is 1. The minimum Gasteiger partial charge on any atom is -0.399 e. The first-order valence-electron chi connectivity index (χ1n) is 5.50. The number of alkyl halides is 3. The first-order chi connectivity index (χ1) is 9.29. The molecule has 0 saturated carbocycles. The number of nitro groups is 1. The van der Waals surface area contributed by atoms with Crippen molar-refractivity contribution in [2.75, 3.05) is 5.73 Å². The number of hydrogen-bond donors (Lipinski definition) is 1. The van der Waals surface area contributed by atoms with Gasteiger partial charge in [-0.1, -0.05) is 12.1 Å². The van der Waals surface area contributed by atoms with E-state index < -0.39 is 22.4 Å². The summed E-state index contributed by atoms with van der Waals surface area (Å²) in [6, 6.07) is 8.48. The van der Waals surface area contributed by atoms with Crippen LogP contribution in [0.3, 0.4) is 0 Å². The van der Waals surface area contributed by atoms with Gasteiger partial charge in [-0.2, -0.15) is 13.2 Å². The standard InChI is InChI=1S/C13H9F3N2O2/c14-13(15,16)12-7-10(18(19)20)5-6-11(12)8-1-3-9(17)4-2-8/h1-7H,17H2. The topological polar surface area (TPSA) is 69.2 Å². The van der Waals surface area contributed by atoms with Gasteiger partial charge in [-0.3, -0.25) is 10.1 Å². The summed E-state index contributed by atoms with van der Waals surface area (Å²) in [5, 5.41) is 10.6. The van der Waals surface area contributed by atoms with Crippen molar-refractivity contribution >= 4 is 11.4 Å². The summed E-state index contributed by atoms with van der Waals surface area (Å²) in [6.45, 7) is 0. The zero-order valence-corrected chi connectivity index (χ0v) is 10.0. The third-order valence-electron chi connectivity index (χ3n) is 2.74. The summed E-state index contributed by atoms with van der Waals surface area (Å²) in [7, 11) is 0. The van der Waals surface area contributed by atoms with E-state index in [0.29, 0.717) is 17.3 Å². The van der Waals surface area contributed by atoms with E-state index in [0.717, 1.165) is 12.1 Å². The summed E-state index contributed by atoms with van der Waals surface area (Å²) in [6.07, 6.45) is -4.68. The van der Waals surface area contributed by atoms with Crippen molar-refractivity contribution in [1.82, 2.24) is 0 Å². The molecule has 2 aromatic carbocycles. The van der Waals surface area contributed by atoms with Crippen molar-refractivity contribution in [3.63, 3.8) is 0 Å². The zero-order valence-electron chi connectivity index (χ0n) is 10.0. The molecule has 104 valence electrons. The molecule has 0 atom stereocenters. The number of benzene rings is 2. The largest absolute Gasteiger partial charge is 0.417 e. The van der Waals surface area contributed by atoms with E-state index in [-0.39, 0.29) is 5.56 Å². The Labute approximate surface area is 111 Å². The van der Waals surface area contributed by atoms with Crippen LogP contribution in [0.1, 0.15) is 5.56 Å². The van der Waals surface area contributed by atoms with Crippen LogP contribution in [0.5, 0.6) is 0 Å². The van der Waals surface area contributed by atoms with E-state index >= 15 is 0 Å². The fraction of sp³-hybridized carbons (Fsp3) is 0.0769. The average Bonchev–Trinajstić information content (AvgIpc) is 2.38. The molecule has 0 unspecified atom stereocenters. The molecule has 0 aromatic heterocycles. The van der Waals surface area contributed by atoms with Gasteiger partial charge in [-0.05, 0) is 29.3 Å². The van der Waals surface area contributed by atoms with Gasteiger partial charge in [0, 0.05) is 17.8 Å². The maximum absolute atomic E-state index is 13.0. The van der Waals surface area contributed by atoms with Crippen molar-refractivity contribution < 1.29 is 18.1 Å². The van der Waals surface area contributed by atoms with Crippen LogP contribution in [0.15, 0.2) is 42.5 Å². The van der Waals surface area contributed by atoms with Crippen molar-refractivity contribution in [2.24, 2.45) is 0 Å². The Balaban J connectivity index is 2.63. The number of halogens is 3. The lowest BCUT2D eigenvalue weighted by molar-refractivity contribution is -0.385. The van der Waals surface area contributed by atoms with E-state index in [1.807, 2.05) is 0 Å². The van der Waals surface area contributed by atoms with Gasteiger partial charge in [-0.25, -0.2) is 0 Å². The molecule has 0 radical (unpaired) electrons. The second-order valence-corrected chi connectivity index (χ2v) is 4.11. The maximum atomic E-state index is 13.0. The molecule has 20 heavy (non-hydrogen) atoms. The predicted molar refractivity (Wildman–Crippen MR) is 67.9 cm³/mol. The van der Waals surface area contributed by atoms with Gasteiger partial charge in [0.1, 0.15) is 0 Å². The fourth-order valence-electron chi connectivity index (χ4n) is 1.79. The lowest BCUT2D eigenvalue weighted by Gasteiger charge is -2.13. The maximum Gasteiger partial charge on any atom is 0.417 e. The fourth-order valence-corrected chi connectivity index (χ4v) is 1.79. The van der Waals surface area contributed by atoms with Crippen molar-refractivity contribution in [1.29, 1.82) is 0 Å². The zero-order chi connectivity index (χ0) is 14.9. The monoisotopic (exact) mass is 282 g/mol. The van der Waals surface area contributed by atoms with Gasteiger partial charge in [0.15, 0.2) is 0 Å². The van der Waals surface area contributed by atoms with E-state index in [2.05, 4.69) is 0 Å². The van der Waals surface area contributed by atoms with Crippen LogP contribution in [0.4, 0.5) is 24.5 Å². The minimum absolute atomic E-state index is 0.122. The number of non-ortho nitro benzene ring substituents is 1. The first-order valence-corrected chi connectivity index (χ1v) is 5.50. The highest BCUT2D eigenvalue weighted by Gasteiger charge is 2.35. The molecule has 0 amide bonds. The number of nitro benzene ring substituents is 1.